The zero-order chi connectivity index (χ0) is 16.1. The Morgan fingerprint density at radius 2 is 2.04 bits per heavy atom. The SMILES string of the molecule is O=C(COc1cccc(Br)c1)N/N=C1/CCCc2ccccc21. The van der Waals surface area contributed by atoms with Crippen LogP contribution in [0.15, 0.2) is 58.1 Å². The minimum atomic E-state index is -0.263. The van der Waals surface area contributed by atoms with Crippen molar-refractivity contribution in [1.29, 1.82) is 0 Å². The minimum Gasteiger partial charge on any atom is -0.484 e. The van der Waals surface area contributed by atoms with E-state index in [0.29, 0.717) is 5.75 Å². The van der Waals surface area contributed by atoms with Gasteiger partial charge in [-0.05, 0) is 43.0 Å². The number of fused-ring (bicyclic) bond motifs is 1. The highest BCUT2D eigenvalue weighted by atomic mass is 79.9. The summed E-state index contributed by atoms with van der Waals surface area (Å²) in [6.07, 6.45) is 3.00. The quantitative estimate of drug-likeness (QED) is 0.832. The number of aryl methyl sites for hydroxylation is 1. The predicted molar refractivity (Wildman–Crippen MR) is 93.7 cm³/mol. The summed E-state index contributed by atoms with van der Waals surface area (Å²) < 4.78 is 6.36. The van der Waals surface area contributed by atoms with E-state index in [1.807, 2.05) is 30.3 Å². The molecule has 1 amide bonds. The largest absolute Gasteiger partial charge is 0.484 e. The standard InChI is InChI=1S/C18H17BrN2O2/c19-14-7-4-8-15(11-14)23-12-18(22)21-20-17-10-3-6-13-5-1-2-9-16(13)17/h1-2,4-5,7-9,11H,3,6,10,12H2,(H,21,22)/b20-17-. The summed E-state index contributed by atoms with van der Waals surface area (Å²) in [5, 5.41) is 4.28. The molecule has 0 unspecified atom stereocenters. The van der Waals surface area contributed by atoms with Crippen molar-refractivity contribution < 1.29 is 9.53 Å². The van der Waals surface area contributed by atoms with Gasteiger partial charge in [0.2, 0.25) is 0 Å². The molecule has 0 saturated carbocycles. The third kappa shape index (κ3) is 4.20. The first-order chi connectivity index (χ1) is 11.2. The van der Waals surface area contributed by atoms with Crippen molar-refractivity contribution in [2.24, 2.45) is 5.10 Å². The summed E-state index contributed by atoms with van der Waals surface area (Å²) >= 11 is 3.36. The van der Waals surface area contributed by atoms with Gasteiger partial charge < -0.3 is 4.74 Å². The van der Waals surface area contributed by atoms with Crippen molar-refractivity contribution in [2.45, 2.75) is 19.3 Å². The maximum atomic E-state index is 11.9. The smallest absolute Gasteiger partial charge is 0.277 e. The van der Waals surface area contributed by atoms with Gasteiger partial charge in [-0.25, -0.2) is 5.43 Å². The number of hydrogen-bond donors (Lipinski definition) is 1. The number of benzene rings is 2. The molecular weight excluding hydrogens is 356 g/mol. The number of nitrogens with one attached hydrogen (secondary N) is 1. The molecule has 4 nitrogen and oxygen atoms in total. The molecular formula is C18H17BrN2O2. The molecule has 0 heterocycles. The van der Waals surface area contributed by atoms with E-state index < -0.39 is 0 Å². The number of carbonyl (C=O) groups excluding carboxylic acids is 1. The topological polar surface area (TPSA) is 50.7 Å². The molecule has 0 aliphatic heterocycles. The first-order valence-electron chi connectivity index (χ1n) is 7.54. The fourth-order valence-corrected chi connectivity index (χ4v) is 2.96. The van der Waals surface area contributed by atoms with Crippen LogP contribution in [0.3, 0.4) is 0 Å². The monoisotopic (exact) mass is 372 g/mol. The maximum Gasteiger partial charge on any atom is 0.277 e. The van der Waals surface area contributed by atoms with Crippen LogP contribution in [0.25, 0.3) is 0 Å². The van der Waals surface area contributed by atoms with Crippen LogP contribution < -0.4 is 10.2 Å². The van der Waals surface area contributed by atoms with Gasteiger partial charge in [-0.1, -0.05) is 46.3 Å². The summed E-state index contributed by atoms with van der Waals surface area (Å²) in [7, 11) is 0. The third-order valence-electron chi connectivity index (χ3n) is 3.67. The molecule has 0 aromatic heterocycles. The Labute approximate surface area is 143 Å². The molecule has 0 atom stereocenters. The highest BCUT2D eigenvalue weighted by molar-refractivity contribution is 9.10. The number of amides is 1. The van der Waals surface area contributed by atoms with Gasteiger partial charge >= 0.3 is 0 Å². The van der Waals surface area contributed by atoms with Crippen molar-refractivity contribution in [3.63, 3.8) is 0 Å². The van der Waals surface area contributed by atoms with Gasteiger partial charge in [-0.15, -0.1) is 0 Å². The predicted octanol–water partition coefficient (Wildman–Crippen LogP) is 3.68. The van der Waals surface area contributed by atoms with Crippen molar-refractivity contribution in [3.8, 4) is 5.75 Å². The summed E-state index contributed by atoms with van der Waals surface area (Å²) in [6.45, 7) is -0.0606. The number of hydrazone groups is 1. The van der Waals surface area contributed by atoms with Crippen LogP contribution in [-0.2, 0) is 11.2 Å². The number of halogens is 1. The Kier molecular flexibility index (Phi) is 5.08. The number of hydrogen-bond acceptors (Lipinski definition) is 3. The molecule has 1 aliphatic carbocycles. The van der Waals surface area contributed by atoms with Crippen LogP contribution in [0.1, 0.15) is 24.0 Å². The van der Waals surface area contributed by atoms with E-state index in [2.05, 4.69) is 38.6 Å². The fraction of sp³-hybridized carbons (Fsp3) is 0.222. The number of ether oxygens (including phenoxy) is 1. The van der Waals surface area contributed by atoms with Crippen molar-refractivity contribution in [3.05, 3.63) is 64.1 Å². The lowest BCUT2D eigenvalue weighted by atomic mass is 9.90. The van der Waals surface area contributed by atoms with Crippen molar-refractivity contribution in [2.75, 3.05) is 6.61 Å². The highest BCUT2D eigenvalue weighted by Gasteiger charge is 2.15. The zero-order valence-electron chi connectivity index (χ0n) is 12.6. The average molecular weight is 373 g/mol. The van der Waals surface area contributed by atoms with E-state index >= 15 is 0 Å². The third-order valence-corrected chi connectivity index (χ3v) is 4.16. The summed E-state index contributed by atoms with van der Waals surface area (Å²) in [5.41, 5.74) is 5.94. The lowest BCUT2D eigenvalue weighted by molar-refractivity contribution is -0.123. The van der Waals surface area contributed by atoms with E-state index in [4.69, 9.17) is 4.74 Å². The summed E-state index contributed by atoms with van der Waals surface area (Å²) in [5.74, 6) is 0.380. The molecule has 0 fully saturated rings. The molecule has 0 spiro atoms. The Balaban J connectivity index is 1.59. The van der Waals surface area contributed by atoms with Gasteiger partial charge in [-0.3, -0.25) is 4.79 Å². The number of nitrogens with zero attached hydrogens (tertiary/aromatic N) is 1. The second-order valence-corrected chi connectivity index (χ2v) is 6.27. The van der Waals surface area contributed by atoms with Gasteiger partial charge in [0.05, 0.1) is 5.71 Å². The highest BCUT2D eigenvalue weighted by Crippen LogP contribution is 2.21. The maximum absolute atomic E-state index is 11.9. The molecule has 1 aliphatic rings. The van der Waals surface area contributed by atoms with Crippen molar-refractivity contribution >= 4 is 27.5 Å². The first kappa shape index (κ1) is 15.7. The van der Waals surface area contributed by atoms with E-state index in [1.54, 1.807) is 6.07 Å². The summed E-state index contributed by atoms with van der Waals surface area (Å²) in [4.78, 5) is 11.9. The van der Waals surface area contributed by atoms with Gasteiger partial charge in [0.1, 0.15) is 5.75 Å². The average Bonchev–Trinajstić information content (AvgIpc) is 2.58. The van der Waals surface area contributed by atoms with Gasteiger partial charge in [0.15, 0.2) is 6.61 Å². The lowest BCUT2D eigenvalue weighted by Gasteiger charge is -2.17. The Bertz CT molecular complexity index is 743. The molecule has 2 aromatic rings. The Morgan fingerprint density at radius 1 is 1.17 bits per heavy atom. The normalized spacial score (nSPS) is 15.1. The van der Waals surface area contributed by atoms with Gasteiger partial charge in [-0.2, -0.15) is 5.10 Å². The number of rotatable bonds is 4. The van der Waals surface area contributed by atoms with E-state index in [0.717, 1.165) is 35.0 Å². The molecule has 0 bridgehead atoms. The van der Waals surface area contributed by atoms with E-state index in [1.165, 1.54) is 5.56 Å². The zero-order valence-corrected chi connectivity index (χ0v) is 14.2. The van der Waals surface area contributed by atoms with Gasteiger partial charge in [0, 0.05) is 10.0 Å². The second-order valence-electron chi connectivity index (χ2n) is 5.35. The first-order valence-corrected chi connectivity index (χ1v) is 8.34. The molecule has 2 aromatic carbocycles. The number of carbonyl (C=O) groups is 1. The van der Waals surface area contributed by atoms with E-state index in [9.17, 15) is 4.79 Å². The second kappa shape index (κ2) is 7.42. The molecule has 0 saturated heterocycles. The van der Waals surface area contributed by atoms with E-state index in [-0.39, 0.29) is 12.5 Å². The summed E-state index contributed by atoms with van der Waals surface area (Å²) in [6, 6.07) is 15.6. The molecule has 5 heteroatoms. The Hall–Kier alpha value is -2.14. The van der Waals surface area contributed by atoms with Crippen LogP contribution in [0.2, 0.25) is 0 Å². The lowest BCUT2D eigenvalue weighted by Crippen LogP contribution is -2.26. The van der Waals surface area contributed by atoms with Gasteiger partial charge in [0.25, 0.3) is 5.91 Å². The fourth-order valence-electron chi connectivity index (χ4n) is 2.58. The molecule has 1 N–H and O–H groups in total. The van der Waals surface area contributed by atoms with Crippen LogP contribution in [0.4, 0.5) is 0 Å². The molecule has 0 radical (unpaired) electrons. The molecule has 23 heavy (non-hydrogen) atoms. The van der Waals surface area contributed by atoms with Crippen LogP contribution in [0, 0.1) is 0 Å². The molecule has 3 rings (SSSR count). The van der Waals surface area contributed by atoms with Crippen LogP contribution in [0.5, 0.6) is 5.75 Å². The van der Waals surface area contributed by atoms with Crippen molar-refractivity contribution in [1.82, 2.24) is 5.43 Å². The van der Waals surface area contributed by atoms with Crippen LogP contribution in [-0.4, -0.2) is 18.2 Å². The van der Waals surface area contributed by atoms with Crippen LogP contribution >= 0.6 is 15.9 Å². The Morgan fingerprint density at radius 3 is 2.91 bits per heavy atom. The minimum absolute atomic E-state index is 0.0606. The molecule has 118 valence electrons.